The molecule has 0 unspecified atom stereocenters. The number of amides is 1. The lowest BCUT2D eigenvalue weighted by Crippen LogP contribution is -2.47. The number of hydrogen-bond acceptors (Lipinski definition) is 3. The zero-order chi connectivity index (χ0) is 16.3. The van der Waals surface area contributed by atoms with Crippen LogP contribution in [0.15, 0.2) is 24.3 Å². The van der Waals surface area contributed by atoms with Crippen LogP contribution >= 0.6 is 0 Å². The fraction of sp³-hybridized carbons (Fsp3) is 0.588. The van der Waals surface area contributed by atoms with Crippen LogP contribution in [0, 0.1) is 11.7 Å². The van der Waals surface area contributed by atoms with E-state index in [-0.39, 0.29) is 23.7 Å². The van der Waals surface area contributed by atoms with Crippen molar-refractivity contribution in [2.75, 3.05) is 19.6 Å². The van der Waals surface area contributed by atoms with E-state index in [9.17, 15) is 9.18 Å². The van der Waals surface area contributed by atoms with Crippen LogP contribution in [0.1, 0.15) is 38.7 Å². The Hall–Kier alpha value is -1.62. The molecule has 0 spiro atoms. The Bertz CT molecular complexity index is 510. The van der Waals surface area contributed by atoms with Gasteiger partial charge in [-0.1, -0.05) is 12.1 Å². The second-order valence-corrected chi connectivity index (χ2v) is 6.87. The van der Waals surface area contributed by atoms with Crippen LogP contribution in [0.3, 0.4) is 0 Å². The molecule has 2 N–H and O–H groups in total. The van der Waals surface area contributed by atoms with Gasteiger partial charge in [0.05, 0.1) is 0 Å². The van der Waals surface area contributed by atoms with Crippen molar-refractivity contribution >= 4 is 6.09 Å². The summed E-state index contributed by atoms with van der Waals surface area (Å²) in [6, 6.07) is 6.57. The van der Waals surface area contributed by atoms with Gasteiger partial charge in [0.2, 0.25) is 0 Å². The monoisotopic (exact) mass is 308 g/mol. The lowest BCUT2D eigenvalue weighted by atomic mass is 9.80. The van der Waals surface area contributed by atoms with E-state index in [1.54, 1.807) is 4.90 Å². The molecule has 0 aromatic heterocycles. The molecule has 4 nitrogen and oxygen atoms in total. The zero-order valence-electron chi connectivity index (χ0n) is 13.5. The lowest BCUT2D eigenvalue weighted by molar-refractivity contribution is 0.0150. The molecule has 1 fully saturated rings. The van der Waals surface area contributed by atoms with Gasteiger partial charge in [-0.25, -0.2) is 9.18 Å². The number of benzene rings is 1. The largest absolute Gasteiger partial charge is 0.444 e. The maximum absolute atomic E-state index is 13.1. The average molecular weight is 308 g/mol. The van der Waals surface area contributed by atoms with E-state index in [2.05, 4.69) is 0 Å². The highest BCUT2D eigenvalue weighted by molar-refractivity contribution is 5.68. The highest BCUT2D eigenvalue weighted by Gasteiger charge is 2.33. The standard InChI is InChI=1S/C17H25FN2O2/c1-17(2,3)22-16(21)20-9-8-15(13(10-19)11-20)12-4-6-14(18)7-5-12/h4-7,13,15H,8-11,19H2,1-3H3/t13-,15+/m0/s1. The molecule has 0 bridgehead atoms. The van der Waals surface area contributed by atoms with Crippen LogP contribution in [-0.4, -0.2) is 36.2 Å². The van der Waals surface area contributed by atoms with Crippen molar-refractivity contribution in [2.24, 2.45) is 11.7 Å². The van der Waals surface area contributed by atoms with Crippen LogP contribution in [0.2, 0.25) is 0 Å². The van der Waals surface area contributed by atoms with Crippen LogP contribution in [0.4, 0.5) is 9.18 Å². The van der Waals surface area contributed by atoms with Crippen molar-refractivity contribution in [2.45, 2.75) is 38.7 Å². The summed E-state index contributed by atoms with van der Waals surface area (Å²) in [6.07, 6.45) is 0.524. The van der Waals surface area contributed by atoms with Gasteiger partial charge in [-0.2, -0.15) is 0 Å². The van der Waals surface area contributed by atoms with Gasteiger partial charge in [0.25, 0.3) is 0 Å². The normalized spacial score (nSPS) is 22.5. The SMILES string of the molecule is CC(C)(C)OC(=O)N1CC[C@H](c2ccc(F)cc2)[C@@H](CN)C1. The van der Waals surface area contributed by atoms with E-state index in [0.717, 1.165) is 12.0 Å². The minimum absolute atomic E-state index is 0.159. The number of hydrogen-bond donors (Lipinski definition) is 1. The number of piperidine rings is 1. The molecule has 0 radical (unpaired) electrons. The average Bonchev–Trinajstić information content (AvgIpc) is 2.45. The molecule has 2 rings (SSSR count). The second-order valence-electron chi connectivity index (χ2n) is 6.87. The minimum Gasteiger partial charge on any atom is -0.444 e. The van der Waals surface area contributed by atoms with Gasteiger partial charge >= 0.3 is 6.09 Å². The highest BCUT2D eigenvalue weighted by atomic mass is 19.1. The molecule has 1 aliphatic heterocycles. The van der Waals surface area contributed by atoms with Crippen LogP contribution in [0.25, 0.3) is 0 Å². The Morgan fingerprint density at radius 1 is 1.36 bits per heavy atom. The Morgan fingerprint density at radius 2 is 2.00 bits per heavy atom. The van der Waals surface area contributed by atoms with E-state index in [0.29, 0.717) is 19.6 Å². The van der Waals surface area contributed by atoms with Gasteiger partial charge in [-0.05, 0) is 63.3 Å². The second kappa shape index (κ2) is 6.65. The molecule has 122 valence electrons. The van der Waals surface area contributed by atoms with Crippen molar-refractivity contribution in [1.82, 2.24) is 4.90 Å². The quantitative estimate of drug-likeness (QED) is 0.913. The van der Waals surface area contributed by atoms with Crippen molar-refractivity contribution in [1.29, 1.82) is 0 Å². The van der Waals surface area contributed by atoms with Gasteiger partial charge in [0, 0.05) is 13.1 Å². The summed E-state index contributed by atoms with van der Waals surface area (Å²) in [4.78, 5) is 13.9. The fourth-order valence-electron chi connectivity index (χ4n) is 2.91. The molecule has 1 saturated heterocycles. The summed E-state index contributed by atoms with van der Waals surface area (Å²) in [5.41, 5.74) is 6.48. The first-order valence-corrected chi connectivity index (χ1v) is 7.73. The number of ether oxygens (including phenoxy) is 1. The van der Waals surface area contributed by atoms with Crippen molar-refractivity contribution in [3.8, 4) is 0 Å². The summed E-state index contributed by atoms with van der Waals surface area (Å²) >= 11 is 0. The molecular formula is C17H25FN2O2. The van der Waals surface area contributed by atoms with Gasteiger partial charge in [-0.3, -0.25) is 0 Å². The summed E-state index contributed by atoms with van der Waals surface area (Å²) in [6.45, 7) is 7.27. The first kappa shape index (κ1) is 16.7. The van der Waals surface area contributed by atoms with Crippen molar-refractivity contribution in [3.63, 3.8) is 0 Å². The van der Waals surface area contributed by atoms with E-state index in [4.69, 9.17) is 10.5 Å². The molecular weight excluding hydrogens is 283 g/mol. The Morgan fingerprint density at radius 3 is 2.55 bits per heavy atom. The van der Waals surface area contributed by atoms with Crippen LogP contribution in [-0.2, 0) is 4.74 Å². The molecule has 1 aromatic rings. The molecule has 0 saturated carbocycles. The van der Waals surface area contributed by atoms with E-state index in [1.807, 2.05) is 32.9 Å². The number of halogens is 1. The number of nitrogens with zero attached hydrogens (tertiary/aromatic N) is 1. The van der Waals surface area contributed by atoms with Crippen molar-refractivity contribution in [3.05, 3.63) is 35.6 Å². The summed E-state index contributed by atoms with van der Waals surface area (Å²) < 4.78 is 18.5. The number of carbonyl (C=O) groups is 1. The summed E-state index contributed by atoms with van der Waals surface area (Å²) in [7, 11) is 0. The van der Waals surface area contributed by atoms with Gasteiger partial charge < -0.3 is 15.4 Å². The minimum atomic E-state index is -0.497. The molecule has 1 amide bonds. The topological polar surface area (TPSA) is 55.6 Å². The highest BCUT2D eigenvalue weighted by Crippen LogP contribution is 2.33. The van der Waals surface area contributed by atoms with Gasteiger partial charge in [0.15, 0.2) is 0 Å². The third-order valence-corrected chi connectivity index (χ3v) is 3.99. The molecule has 22 heavy (non-hydrogen) atoms. The van der Waals surface area contributed by atoms with Gasteiger partial charge in [0.1, 0.15) is 11.4 Å². The summed E-state index contributed by atoms with van der Waals surface area (Å²) in [5, 5.41) is 0. The fourth-order valence-corrected chi connectivity index (χ4v) is 2.91. The smallest absolute Gasteiger partial charge is 0.410 e. The number of likely N-dealkylation sites (tertiary alicyclic amines) is 1. The van der Waals surface area contributed by atoms with E-state index in [1.165, 1.54) is 12.1 Å². The Kier molecular flexibility index (Phi) is 5.06. The number of nitrogens with two attached hydrogens (primary N) is 1. The molecule has 1 aromatic carbocycles. The Labute approximate surface area is 131 Å². The maximum atomic E-state index is 13.1. The predicted octanol–water partition coefficient (Wildman–Crippen LogP) is 3.13. The van der Waals surface area contributed by atoms with Crippen LogP contribution in [0.5, 0.6) is 0 Å². The first-order valence-electron chi connectivity index (χ1n) is 7.73. The summed E-state index contributed by atoms with van der Waals surface area (Å²) in [5.74, 6) is 0.176. The van der Waals surface area contributed by atoms with E-state index < -0.39 is 5.60 Å². The molecule has 1 heterocycles. The first-order chi connectivity index (χ1) is 10.3. The Balaban J connectivity index is 2.05. The maximum Gasteiger partial charge on any atom is 0.410 e. The lowest BCUT2D eigenvalue weighted by Gasteiger charge is -2.38. The molecule has 2 atom stereocenters. The molecule has 1 aliphatic rings. The zero-order valence-corrected chi connectivity index (χ0v) is 13.5. The third-order valence-electron chi connectivity index (χ3n) is 3.99. The van der Waals surface area contributed by atoms with E-state index >= 15 is 0 Å². The predicted molar refractivity (Wildman–Crippen MR) is 84.1 cm³/mol. The molecule has 0 aliphatic carbocycles. The number of rotatable bonds is 2. The van der Waals surface area contributed by atoms with Crippen molar-refractivity contribution < 1.29 is 13.9 Å². The molecule has 5 heteroatoms. The third kappa shape index (κ3) is 4.19. The van der Waals surface area contributed by atoms with Gasteiger partial charge in [-0.15, -0.1) is 0 Å². The van der Waals surface area contributed by atoms with Crippen LogP contribution < -0.4 is 5.73 Å². The number of carbonyl (C=O) groups excluding carboxylic acids is 1.